The molecular formula is C70H62N2O4. The van der Waals surface area contributed by atoms with Gasteiger partial charge in [0, 0.05) is 61.8 Å². The van der Waals surface area contributed by atoms with E-state index in [4.69, 9.17) is 18.9 Å². The van der Waals surface area contributed by atoms with Gasteiger partial charge in [-0.15, -0.1) is 0 Å². The number of anilines is 6. The molecule has 376 valence electrons. The molecule has 6 nitrogen and oxygen atoms in total. The van der Waals surface area contributed by atoms with Gasteiger partial charge in [0.25, 0.3) is 0 Å². The highest BCUT2D eigenvalue weighted by atomic mass is 16.5. The molecule has 1 atom stereocenters. The number of hydrogen-bond donors (Lipinski definition) is 0. The van der Waals surface area contributed by atoms with Crippen LogP contribution in [0.3, 0.4) is 0 Å². The normalized spacial score (nSPS) is 14.4. The van der Waals surface area contributed by atoms with E-state index >= 15 is 0 Å². The van der Waals surface area contributed by atoms with Crippen LogP contribution in [0.4, 0.5) is 34.1 Å². The minimum absolute atomic E-state index is 0.188. The lowest BCUT2D eigenvalue weighted by Gasteiger charge is -2.32. The van der Waals surface area contributed by atoms with Crippen molar-refractivity contribution in [1.29, 1.82) is 0 Å². The summed E-state index contributed by atoms with van der Waals surface area (Å²) < 4.78 is 24.0. The second-order valence-corrected chi connectivity index (χ2v) is 20.3. The van der Waals surface area contributed by atoms with E-state index in [2.05, 4.69) is 243 Å². The molecular weight excluding hydrogens is 933 g/mol. The first-order chi connectivity index (χ1) is 37.1. The molecule has 1 aliphatic rings. The first-order valence-electron chi connectivity index (χ1n) is 25.9. The van der Waals surface area contributed by atoms with E-state index in [-0.39, 0.29) is 10.8 Å². The summed E-state index contributed by atoms with van der Waals surface area (Å²) in [5.41, 5.74) is 17.9. The monoisotopic (exact) mass is 994 g/mol. The minimum atomic E-state index is -0.338. The van der Waals surface area contributed by atoms with Crippen LogP contribution in [-0.2, 0) is 10.8 Å². The highest BCUT2D eigenvalue weighted by molar-refractivity contribution is 5.88. The van der Waals surface area contributed by atoms with Crippen LogP contribution >= 0.6 is 0 Å². The lowest BCUT2D eigenvalue weighted by molar-refractivity contribution is 0.416. The Bertz CT molecular complexity index is 3490. The molecule has 10 aromatic carbocycles. The zero-order chi connectivity index (χ0) is 52.4. The molecule has 0 radical (unpaired) electrons. The van der Waals surface area contributed by atoms with Crippen LogP contribution in [0.1, 0.15) is 43.9 Å². The Morgan fingerprint density at radius 2 is 0.618 bits per heavy atom. The molecule has 0 aromatic heterocycles. The first-order valence-corrected chi connectivity index (χ1v) is 25.9. The quantitative estimate of drug-likeness (QED) is 0.102. The van der Waals surface area contributed by atoms with Gasteiger partial charge in [-0.3, -0.25) is 0 Å². The van der Waals surface area contributed by atoms with E-state index in [9.17, 15) is 0 Å². The molecule has 1 unspecified atom stereocenters. The van der Waals surface area contributed by atoms with Crippen molar-refractivity contribution in [2.24, 2.45) is 0 Å². The van der Waals surface area contributed by atoms with Gasteiger partial charge in [-0.1, -0.05) is 160 Å². The summed E-state index contributed by atoms with van der Waals surface area (Å²) in [7, 11) is 6.96. The van der Waals surface area contributed by atoms with Crippen molar-refractivity contribution in [3.8, 4) is 67.5 Å². The van der Waals surface area contributed by atoms with Gasteiger partial charge in [-0.25, -0.2) is 0 Å². The Labute approximate surface area is 448 Å². The van der Waals surface area contributed by atoms with E-state index in [0.717, 1.165) is 108 Å². The number of methoxy groups -OCH3 is 4. The van der Waals surface area contributed by atoms with E-state index < -0.39 is 0 Å². The Morgan fingerprint density at radius 1 is 0.303 bits per heavy atom. The number of hydrogen-bond acceptors (Lipinski definition) is 6. The summed E-state index contributed by atoms with van der Waals surface area (Å²) in [6, 6.07) is 84.1. The fourth-order valence-electron chi connectivity index (χ4n) is 11.6. The summed E-state index contributed by atoms with van der Waals surface area (Å²) in [4.78, 5) is 4.74. The van der Waals surface area contributed by atoms with Crippen molar-refractivity contribution in [1.82, 2.24) is 0 Å². The van der Waals surface area contributed by atoms with Crippen molar-refractivity contribution in [3.05, 3.63) is 253 Å². The molecule has 76 heavy (non-hydrogen) atoms. The Balaban J connectivity index is 1.06. The number of benzene rings is 10. The number of fused-ring (bicyclic) bond motifs is 1. The third kappa shape index (κ3) is 9.21. The maximum absolute atomic E-state index is 6.00. The lowest BCUT2D eigenvalue weighted by Crippen LogP contribution is -2.24. The molecule has 11 rings (SSSR count). The average molecular weight is 995 g/mol. The molecule has 10 aromatic rings. The van der Waals surface area contributed by atoms with Crippen LogP contribution in [-0.4, -0.2) is 28.4 Å². The second-order valence-electron chi connectivity index (χ2n) is 20.3. The van der Waals surface area contributed by atoms with Gasteiger partial charge in [0.1, 0.15) is 23.0 Å². The summed E-state index contributed by atoms with van der Waals surface area (Å²) >= 11 is 0. The number of nitrogens with zero attached hydrogens (tertiary/aromatic N) is 2. The summed E-state index contributed by atoms with van der Waals surface area (Å²) in [6.07, 6.45) is 0.908. The van der Waals surface area contributed by atoms with E-state index in [0.29, 0.717) is 0 Å². The van der Waals surface area contributed by atoms with Gasteiger partial charge < -0.3 is 28.7 Å². The molecule has 0 heterocycles. The van der Waals surface area contributed by atoms with Crippen molar-refractivity contribution in [2.45, 2.75) is 38.0 Å². The van der Waals surface area contributed by atoms with Gasteiger partial charge in [0.15, 0.2) is 0 Å². The molecule has 0 saturated heterocycles. The maximum atomic E-state index is 6.00. The van der Waals surface area contributed by atoms with Crippen molar-refractivity contribution >= 4 is 34.1 Å². The Hall–Kier alpha value is -9.00. The number of ether oxygens (including phenoxy) is 4. The predicted octanol–water partition coefficient (Wildman–Crippen LogP) is 18.3. The Kier molecular flexibility index (Phi) is 13.4. The fourth-order valence-corrected chi connectivity index (χ4v) is 11.6. The van der Waals surface area contributed by atoms with Crippen LogP contribution in [0.25, 0.3) is 44.5 Å². The largest absolute Gasteiger partial charge is 0.496 e. The minimum Gasteiger partial charge on any atom is -0.496 e. The van der Waals surface area contributed by atoms with Crippen LogP contribution in [0.5, 0.6) is 23.0 Å². The summed E-state index contributed by atoms with van der Waals surface area (Å²) in [5.74, 6) is 3.25. The molecule has 0 spiro atoms. The molecule has 0 saturated carbocycles. The van der Waals surface area contributed by atoms with Gasteiger partial charge in [-0.2, -0.15) is 0 Å². The van der Waals surface area contributed by atoms with Crippen LogP contribution in [0.2, 0.25) is 0 Å². The summed E-state index contributed by atoms with van der Waals surface area (Å²) in [6.45, 7) is 7.22. The second kappa shape index (κ2) is 20.7. The van der Waals surface area contributed by atoms with Gasteiger partial charge in [0.05, 0.1) is 28.4 Å². The molecule has 0 fully saturated rings. The molecule has 0 amide bonds. The molecule has 0 aliphatic heterocycles. The van der Waals surface area contributed by atoms with Crippen molar-refractivity contribution in [2.75, 3.05) is 38.2 Å². The summed E-state index contributed by atoms with van der Waals surface area (Å²) in [5, 5.41) is 0. The third-order valence-electron chi connectivity index (χ3n) is 15.2. The topological polar surface area (TPSA) is 43.4 Å². The van der Waals surface area contributed by atoms with E-state index in [1.54, 1.807) is 28.4 Å². The Morgan fingerprint density at radius 3 is 0.961 bits per heavy atom. The highest BCUT2D eigenvalue weighted by Crippen LogP contribution is 2.56. The maximum Gasteiger partial charge on any atom is 0.126 e. The van der Waals surface area contributed by atoms with E-state index in [1.807, 2.05) is 24.3 Å². The van der Waals surface area contributed by atoms with Crippen LogP contribution in [0.15, 0.2) is 237 Å². The number of rotatable bonds is 15. The SMILES string of the molecule is COc1ccc(N(c2cccc(C3(C)CC(C)(C)c4cc(N(c5ccc(OC)c(-c6ccccc6)c5)c5ccc(OC)c(-c6ccccc6)c5)ccc43)c2)c2ccc(OC)c(-c3ccccc3)c2)cc1-c1ccccc1. The zero-order valence-electron chi connectivity index (χ0n) is 44.3. The molecule has 0 bridgehead atoms. The lowest BCUT2D eigenvalue weighted by atomic mass is 9.75. The van der Waals surface area contributed by atoms with Crippen LogP contribution in [0, 0.1) is 0 Å². The zero-order valence-corrected chi connectivity index (χ0v) is 44.3. The fraction of sp³-hybridized carbons (Fsp3) is 0.143. The smallest absolute Gasteiger partial charge is 0.126 e. The average Bonchev–Trinajstić information content (AvgIpc) is 3.82. The molecule has 6 heteroatoms. The predicted molar refractivity (Wildman–Crippen MR) is 314 cm³/mol. The van der Waals surface area contributed by atoms with Gasteiger partial charge >= 0.3 is 0 Å². The third-order valence-corrected chi connectivity index (χ3v) is 15.2. The first kappa shape index (κ1) is 49.2. The standard InChI is InChI=1S/C70H62N2O4/c1-69(2)47-70(3,52-29-20-30-53(41-52)71(54-32-37-65(73-4)59(42-54)48-21-12-8-13-22-48)55-33-38-66(74-5)60(43-55)49-23-14-9-15-24-49)63-36-31-58(46-64(63)69)72(56-34-39-67(75-6)61(44-56)50-25-16-10-17-26-50)57-35-40-68(76-7)62(45-57)51-27-18-11-19-28-51/h8-46H,47H2,1-7H3. The van der Waals surface area contributed by atoms with Gasteiger partial charge in [-0.05, 0) is 148 Å². The highest BCUT2D eigenvalue weighted by Gasteiger charge is 2.46. The van der Waals surface area contributed by atoms with Crippen LogP contribution < -0.4 is 28.7 Å². The van der Waals surface area contributed by atoms with Crippen molar-refractivity contribution in [3.63, 3.8) is 0 Å². The van der Waals surface area contributed by atoms with Crippen molar-refractivity contribution < 1.29 is 18.9 Å². The van der Waals surface area contributed by atoms with Gasteiger partial charge in [0.2, 0.25) is 0 Å². The molecule has 1 aliphatic carbocycles. The molecule has 0 N–H and O–H groups in total. The van der Waals surface area contributed by atoms with E-state index in [1.165, 1.54) is 16.7 Å².